The number of hydrogen-bond acceptors (Lipinski definition) is 6. The van der Waals surface area contributed by atoms with Gasteiger partial charge in [-0.25, -0.2) is 0 Å². The summed E-state index contributed by atoms with van der Waals surface area (Å²) < 4.78 is 6.02. The molecule has 0 bridgehead atoms. The molecule has 8 heteroatoms. The number of para-hydroxylation sites is 1. The van der Waals surface area contributed by atoms with Crippen LogP contribution in [0.4, 0.5) is 5.69 Å². The molecule has 0 spiro atoms. The van der Waals surface area contributed by atoms with Crippen molar-refractivity contribution in [2.24, 2.45) is 17.8 Å². The molecule has 0 unspecified atom stereocenters. The number of nitrogens with zero attached hydrogens (tertiary/aromatic N) is 1. The van der Waals surface area contributed by atoms with Crippen LogP contribution in [0.2, 0.25) is 6.32 Å². The molecule has 2 saturated heterocycles. The van der Waals surface area contributed by atoms with Gasteiger partial charge in [-0.1, -0.05) is 55.3 Å². The summed E-state index contributed by atoms with van der Waals surface area (Å²) in [4.78, 5) is 28.4. The Hall–Kier alpha value is -3.20. The Balaban J connectivity index is 1.42. The first-order valence-corrected chi connectivity index (χ1v) is 13.5. The third-order valence-electron chi connectivity index (χ3n) is 8.05. The molecule has 0 saturated carbocycles. The molecule has 38 heavy (non-hydrogen) atoms. The minimum Gasteiger partial charge on any atom is -0.508 e. The smallest absolute Gasteiger partial charge is 0.455 e. The summed E-state index contributed by atoms with van der Waals surface area (Å²) in [5, 5.41) is 30.9. The maximum Gasteiger partial charge on any atom is 0.455 e. The molecule has 5 rings (SSSR count). The van der Waals surface area contributed by atoms with Crippen molar-refractivity contribution in [3.63, 3.8) is 0 Å². The lowest BCUT2D eigenvalue weighted by atomic mass is 9.58. The van der Waals surface area contributed by atoms with Gasteiger partial charge < -0.3 is 19.9 Å². The topological polar surface area (TPSA) is 107 Å². The Bertz CT molecular complexity index is 1260. The van der Waals surface area contributed by atoms with Crippen LogP contribution in [-0.4, -0.2) is 46.9 Å². The van der Waals surface area contributed by atoms with E-state index in [-0.39, 0.29) is 36.4 Å². The van der Waals surface area contributed by atoms with Crippen LogP contribution in [0.15, 0.2) is 71.3 Å². The SMILES string of the molecule is CCC/C(=C\c1cccc(O)c1)CC[C@H]1OB(O)C[C@H]2C1=C(CO)C[C@H]1C(=O)N(c3ccccc3)C(=O)[C@H]12. The van der Waals surface area contributed by atoms with Crippen molar-refractivity contribution in [3.05, 3.63) is 76.9 Å². The minimum absolute atomic E-state index is 0.210. The summed E-state index contributed by atoms with van der Waals surface area (Å²) in [6.45, 7) is 1.90. The van der Waals surface area contributed by atoms with E-state index in [4.69, 9.17) is 4.65 Å². The van der Waals surface area contributed by atoms with Gasteiger partial charge in [-0.3, -0.25) is 14.5 Å². The molecule has 2 aromatic rings. The van der Waals surface area contributed by atoms with Gasteiger partial charge in [0.05, 0.1) is 30.2 Å². The molecule has 0 radical (unpaired) electrons. The fraction of sp³-hybridized carbons (Fsp3) is 0.400. The van der Waals surface area contributed by atoms with E-state index in [9.17, 15) is 24.8 Å². The zero-order chi connectivity index (χ0) is 26.8. The first-order valence-electron chi connectivity index (χ1n) is 13.5. The van der Waals surface area contributed by atoms with Crippen molar-refractivity contribution < 1.29 is 29.5 Å². The predicted octanol–water partition coefficient (Wildman–Crippen LogP) is 4.35. The average molecular weight is 515 g/mol. The summed E-state index contributed by atoms with van der Waals surface area (Å²) in [7, 11) is -1.05. The largest absolute Gasteiger partial charge is 0.508 e. The Kier molecular flexibility index (Phi) is 7.84. The molecular weight excluding hydrogens is 481 g/mol. The van der Waals surface area contributed by atoms with E-state index >= 15 is 0 Å². The molecule has 2 amide bonds. The van der Waals surface area contributed by atoms with Crippen molar-refractivity contribution in [3.8, 4) is 5.75 Å². The molecule has 4 atom stereocenters. The standard InChI is InChI=1S/C30H34BNO6/c1-2-7-19(14-20-8-6-11-23(34)15-20)12-13-26-27-21(18-33)16-24-28(25(27)17-31(37)38-26)30(36)32(29(24)35)22-9-4-3-5-10-22/h3-6,8-11,14-15,24-26,28,33-34,37H,2,7,12-13,16-18H2,1H3/b19-14+/t24-,25+,26-,28-/m1/s1. The zero-order valence-electron chi connectivity index (χ0n) is 21.6. The van der Waals surface area contributed by atoms with Gasteiger partial charge in [-0.15, -0.1) is 0 Å². The lowest BCUT2D eigenvalue weighted by molar-refractivity contribution is -0.122. The van der Waals surface area contributed by atoms with E-state index < -0.39 is 25.1 Å². The molecule has 198 valence electrons. The fourth-order valence-corrected chi connectivity index (χ4v) is 6.50. The highest BCUT2D eigenvalue weighted by molar-refractivity contribution is 6.43. The monoisotopic (exact) mass is 515 g/mol. The normalized spacial score (nSPS) is 25.6. The van der Waals surface area contributed by atoms with Crippen molar-refractivity contribution in [1.29, 1.82) is 0 Å². The number of imide groups is 1. The van der Waals surface area contributed by atoms with Gasteiger partial charge in [-0.05, 0) is 78.9 Å². The number of rotatable bonds is 8. The number of aliphatic hydroxyl groups excluding tert-OH is 1. The van der Waals surface area contributed by atoms with Crippen molar-refractivity contribution in [1.82, 2.24) is 0 Å². The van der Waals surface area contributed by atoms with E-state index in [0.717, 1.165) is 29.6 Å². The van der Waals surface area contributed by atoms with Crippen molar-refractivity contribution in [2.45, 2.75) is 51.5 Å². The number of fused-ring (bicyclic) bond motifs is 3. The van der Waals surface area contributed by atoms with E-state index in [1.807, 2.05) is 18.2 Å². The van der Waals surface area contributed by atoms with Crippen LogP contribution in [0.1, 0.15) is 44.6 Å². The summed E-state index contributed by atoms with van der Waals surface area (Å²) in [5.41, 5.74) is 4.29. The minimum atomic E-state index is -1.05. The van der Waals surface area contributed by atoms with Crippen LogP contribution in [0, 0.1) is 17.8 Å². The van der Waals surface area contributed by atoms with Gasteiger partial charge in [0.2, 0.25) is 11.8 Å². The number of allylic oxidation sites excluding steroid dienone is 1. The number of benzene rings is 2. The molecule has 2 aliphatic heterocycles. The van der Waals surface area contributed by atoms with E-state index in [2.05, 4.69) is 13.0 Å². The number of aromatic hydroxyl groups is 1. The van der Waals surface area contributed by atoms with Gasteiger partial charge in [0, 0.05) is 0 Å². The Morgan fingerprint density at radius 1 is 1.08 bits per heavy atom. The van der Waals surface area contributed by atoms with Crippen LogP contribution >= 0.6 is 0 Å². The van der Waals surface area contributed by atoms with Crippen molar-refractivity contribution >= 4 is 30.7 Å². The summed E-state index contributed by atoms with van der Waals surface area (Å²) in [6.07, 6.45) is 5.29. The van der Waals surface area contributed by atoms with Gasteiger partial charge in [0.1, 0.15) is 5.75 Å². The molecular formula is C30H34BNO6. The van der Waals surface area contributed by atoms with E-state index in [1.54, 1.807) is 36.4 Å². The first kappa shape index (κ1) is 26.4. The molecule has 2 fully saturated rings. The van der Waals surface area contributed by atoms with Crippen molar-refractivity contribution in [2.75, 3.05) is 11.5 Å². The number of aliphatic hydroxyl groups is 1. The van der Waals surface area contributed by atoms with Gasteiger partial charge in [0.15, 0.2) is 0 Å². The molecule has 3 aliphatic rings. The molecule has 7 nitrogen and oxygen atoms in total. The molecule has 3 N–H and O–H groups in total. The Morgan fingerprint density at radius 3 is 2.58 bits per heavy atom. The lowest BCUT2D eigenvalue weighted by Gasteiger charge is -2.43. The highest BCUT2D eigenvalue weighted by Crippen LogP contribution is 2.51. The molecule has 2 aromatic carbocycles. The van der Waals surface area contributed by atoms with E-state index in [0.29, 0.717) is 24.9 Å². The first-order chi connectivity index (χ1) is 18.4. The second-order valence-electron chi connectivity index (χ2n) is 10.5. The molecule has 0 aromatic heterocycles. The highest BCUT2D eigenvalue weighted by atomic mass is 16.5. The van der Waals surface area contributed by atoms with Crippen LogP contribution < -0.4 is 4.90 Å². The van der Waals surface area contributed by atoms with Gasteiger partial charge >= 0.3 is 7.12 Å². The lowest BCUT2D eigenvalue weighted by Crippen LogP contribution is -2.46. The van der Waals surface area contributed by atoms with Crippen LogP contribution in [-0.2, 0) is 14.2 Å². The summed E-state index contributed by atoms with van der Waals surface area (Å²) >= 11 is 0. The maximum absolute atomic E-state index is 13.7. The van der Waals surface area contributed by atoms with Gasteiger partial charge in [0.25, 0.3) is 0 Å². The number of anilines is 1. The van der Waals surface area contributed by atoms with Crippen LogP contribution in [0.5, 0.6) is 5.75 Å². The highest BCUT2D eigenvalue weighted by Gasteiger charge is 2.57. The quantitative estimate of drug-likeness (QED) is 0.274. The second kappa shape index (κ2) is 11.3. The number of carbonyl (C=O) groups excluding carboxylic acids is 2. The summed E-state index contributed by atoms with van der Waals surface area (Å²) in [6, 6.07) is 16.1. The molecule has 1 aliphatic carbocycles. The number of phenols is 1. The summed E-state index contributed by atoms with van der Waals surface area (Å²) in [5.74, 6) is -1.76. The molecule has 2 heterocycles. The van der Waals surface area contributed by atoms with Gasteiger partial charge in [-0.2, -0.15) is 0 Å². The number of hydrogen-bond donors (Lipinski definition) is 3. The Labute approximate surface area is 223 Å². The third kappa shape index (κ3) is 5.08. The van der Waals surface area contributed by atoms with Crippen LogP contribution in [0.3, 0.4) is 0 Å². The van der Waals surface area contributed by atoms with E-state index in [1.165, 1.54) is 10.5 Å². The number of phenolic OH excluding ortho intramolecular Hbond substituents is 1. The average Bonchev–Trinajstić information content (AvgIpc) is 3.16. The maximum atomic E-state index is 13.7. The number of amides is 2. The zero-order valence-corrected chi connectivity index (χ0v) is 21.6. The number of carbonyl (C=O) groups is 2. The Morgan fingerprint density at radius 2 is 1.87 bits per heavy atom. The second-order valence-corrected chi connectivity index (χ2v) is 10.5. The predicted molar refractivity (Wildman–Crippen MR) is 146 cm³/mol. The van der Waals surface area contributed by atoms with Crippen LogP contribution in [0.25, 0.3) is 6.08 Å². The fourth-order valence-electron chi connectivity index (χ4n) is 6.50. The third-order valence-corrected chi connectivity index (χ3v) is 8.05.